The van der Waals surface area contributed by atoms with Crippen molar-refractivity contribution in [2.75, 3.05) is 13.1 Å². The molecule has 0 aliphatic carbocycles. The first kappa shape index (κ1) is 12.5. The minimum Gasteiger partial charge on any atom is -0.352 e. The van der Waals surface area contributed by atoms with Crippen LogP contribution in [-0.2, 0) is 4.79 Å². The van der Waals surface area contributed by atoms with E-state index in [2.05, 4.69) is 5.32 Å². The molecule has 0 unspecified atom stereocenters. The maximum absolute atomic E-state index is 13.6. The molecule has 0 atom stereocenters. The number of carbonyl (C=O) groups is 2. The van der Waals surface area contributed by atoms with Gasteiger partial charge in [-0.3, -0.25) is 9.59 Å². The van der Waals surface area contributed by atoms with Crippen molar-refractivity contribution in [3.05, 3.63) is 35.6 Å². The lowest BCUT2D eigenvalue weighted by Gasteiger charge is -2.41. The number of hydrogen-bond acceptors (Lipinski definition) is 2. The summed E-state index contributed by atoms with van der Waals surface area (Å²) < 4.78 is 13.6. The van der Waals surface area contributed by atoms with Gasteiger partial charge in [0.15, 0.2) is 0 Å². The third-order valence-electron chi connectivity index (χ3n) is 3.20. The van der Waals surface area contributed by atoms with Crippen molar-refractivity contribution in [3.8, 4) is 0 Å². The summed E-state index contributed by atoms with van der Waals surface area (Å²) in [6.07, 6.45) is 0. The van der Waals surface area contributed by atoms with Gasteiger partial charge in [0.1, 0.15) is 11.4 Å². The molecule has 1 aliphatic rings. The predicted octanol–water partition coefficient (Wildman–Crippen LogP) is 1.18. The molecular weight excluding hydrogens is 235 g/mol. The van der Waals surface area contributed by atoms with Gasteiger partial charge in [-0.15, -0.1) is 0 Å². The molecular formula is C13H15FN2O2. The van der Waals surface area contributed by atoms with E-state index >= 15 is 0 Å². The normalized spacial score (nSPS) is 18.4. The highest BCUT2D eigenvalue weighted by Crippen LogP contribution is 2.21. The van der Waals surface area contributed by atoms with Crippen LogP contribution in [0.3, 0.4) is 0 Å². The van der Waals surface area contributed by atoms with Crippen LogP contribution in [0.1, 0.15) is 24.2 Å². The van der Waals surface area contributed by atoms with E-state index in [4.69, 9.17) is 0 Å². The Hall–Kier alpha value is -1.91. The second-order valence-electron chi connectivity index (χ2n) is 4.75. The second-order valence-corrected chi connectivity index (χ2v) is 4.75. The average molecular weight is 250 g/mol. The zero-order chi connectivity index (χ0) is 13.3. The third-order valence-corrected chi connectivity index (χ3v) is 3.20. The van der Waals surface area contributed by atoms with Crippen molar-refractivity contribution in [1.29, 1.82) is 0 Å². The number of nitrogens with zero attached hydrogens (tertiary/aromatic N) is 1. The van der Waals surface area contributed by atoms with Crippen molar-refractivity contribution in [1.82, 2.24) is 10.2 Å². The Labute approximate surface area is 105 Å². The lowest BCUT2D eigenvalue weighted by Crippen LogP contribution is -2.63. The van der Waals surface area contributed by atoms with Crippen LogP contribution in [0.5, 0.6) is 0 Å². The van der Waals surface area contributed by atoms with Crippen LogP contribution < -0.4 is 5.32 Å². The van der Waals surface area contributed by atoms with E-state index in [9.17, 15) is 14.0 Å². The summed E-state index contributed by atoms with van der Waals surface area (Å²) in [4.78, 5) is 25.4. The second kappa shape index (κ2) is 4.40. The van der Waals surface area contributed by atoms with E-state index < -0.39 is 17.3 Å². The van der Waals surface area contributed by atoms with E-state index in [1.807, 2.05) is 0 Å². The van der Waals surface area contributed by atoms with Crippen molar-refractivity contribution in [2.45, 2.75) is 19.4 Å². The number of nitrogens with one attached hydrogen (secondary N) is 1. The number of amides is 2. The Kier molecular flexibility index (Phi) is 3.07. The maximum atomic E-state index is 13.6. The first-order chi connectivity index (χ1) is 8.44. The zero-order valence-corrected chi connectivity index (χ0v) is 10.4. The molecule has 1 heterocycles. The van der Waals surface area contributed by atoms with Crippen LogP contribution in [0.15, 0.2) is 24.3 Å². The monoisotopic (exact) mass is 250 g/mol. The van der Waals surface area contributed by atoms with Gasteiger partial charge in [-0.1, -0.05) is 12.1 Å². The Morgan fingerprint density at radius 3 is 2.72 bits per heavy atom. The van der Waals surface area contributed by atoms with Gasteiger partial charge >= 0.3 is 0 Å². The topological polar surface area (TPSA) is 49.4 Å². The summed E-state index contributed by atoms with van der Waals surface area (Å²) in [5.41, 5.74) is -0.960. The molecule has 0 radical (unpaired) electrons. The Morgan fingerprint density at radius 1 is 1.39 bits per heavy atom. The fourth-order valence-electron chi connectivity index (χ4n) is 2.04. The van der Waals surface area contributed by atoms with Crippen LogP contribution >= 0.6 is 0 Å². The SMILES string of the molecule is CC1(C)C(=O)NCCN1C(=O)c1ccccc1F. The number of benzene rings is 1. The van der Waals surface area contributed by atoms with Crippen LogP contribution in [0.4, 0.5) is 4.39 Å². The predicted molar refractivity (Wildman–Crippen MR) is 64.5 cm³/mol. The molecule has 1 fully saturated rings. The van der Waals surface area contributed by atoms with Gasteiger partial charge in [0.05, 0.1) is 5.56 Å². The Balaban J connectivity index is 2.34. The van der Waals surface area contributed by atoms with Crippen LogP contribution in [0.2, 0.25) is 0 Å². The molecule has 0 spiro atoms. The van der Waals surface area contributed by atoms with Gasteiger partial charge in [-0.25, -0.2) is 4.39 Å². The van der Waals surface area contributed by atoms with E-state index in [0.717, 1.165) is 0 Å². The van der Waals surface area contributed by atoms with E-state index in [0.29, 0.717) is 13.1 Å². The molecule has 2 amide bonds. The van der Waals surface area contributed by atoms with Gasteiger partial charge in [0, 0.05) is 13.1 Å². The first-order valence-electron chi connectivity index (χ1n) is 5.79. The summed E-state index contributed by atoms with van der Waals surface area (Å²) in [7, 11) is 0. The quantitative estimate of drug-likeness (QED) is 0.813. The number of carbonyl (C=O) groups excluding carboxylic acids is 2. The molecule has 1 saturated heterocycles. The maximum Gasteiger partial charge on any atom is 0.257 e. The van der Waals surface area contributed by atoms with E-state index in [-0.39, 0.29) is 11.5 Å². The highest BCUT2D eigenvalue weighted by atomic mass is 19.1. The summed E-state index contributed by atoms with van der Waals surface area (Å²) in [6.45, 7) is 4.08. The van der Waals surface area contributed by atoms with Gasteiger partial charge in [0.25, 0.3) is 5.91 Å². The molecule has 96 valence electrons. The van der Waals surface area contributed by atoms with E-state index in [1.165, 1.54) is 23.1 Å². The number of hydrogen-bond donors (Lipinski definition) is 1. The van der Waals surface area contributed by atoms with Crippen molar-refractivity contribution >= 4 is 11.8 Å². The minimum atomic E-state index is -0.961. The summed E-state index contributed by atoms with van der Waals surface area (Å²) in [5.74, 6) is -1.24. The smallest absolute Gasteiger partial charge is 0.257 e. The van der Waals surface area contributed by atoms with Gasteiger partial charge in [-0.05, 0) is 26.0 Å². The summed E-state index contributed by atoms with van der Waals surface area (Å²) >= 11 is 0. The fourth-order valence-corrected chi connectivity index (χ4v) is 2.04. The van der Waals surface area contributed by atoms with Crippen molar-refractivity contribution < 1.29 is 14.0 Å². The lowest BCUT2D eigenvalue weighted by atomic mass is 9.97. The molecule has 2 rings (SSSR count). The largest absolute Gasteiger partial charge is 0.352 e. The standard InChI is InChI=1S/C13H15FN2O2/c1-13(2)12(18)15-7-8-16(13)11(17)9-5-3-4-6-10(9)14/h3-6H,7-8H2,1-2H3,(H,15,18). The van der Waals surface area contributed by atoms with Crippen molar-refractivity contribution in [2.24, 2.45) is 0 Å². The third kappa shape index (κ3) is 1.96. The van der Waals surface area contributed by atoms with Crippen LogP contribution in [0.25, 0.3) is 0 Å². The minimum absolute atomic E-state index is 0.000255. The molecule has 1 N–H and O–H groups in total. The molecule has 4 nitrogen and oxygen atoms in total. The molecule has 0 bridgehead atoms. The van der Waals surface area contributed by atoms with Crippen LogP contribution in [-0.4, -0.2) is 35.3 Å². The van der Waals surface area contributed by atoms with Gasteiger partial charge in [-0.2, -0.15) is 0 Å². The molecule has 1 aromatic rings. The molecule has 1 aromatic carbocycles. The zero-order valence-electron chi connectivity index (χ0n) is 10.4. The molecule has 18 heavy (non-hydrogen) atoms. The molecule has 5 heteroatoms. The first-order valence-corrected chi connectivity index (χ1v) is 5.79. The fraction of sp³-hybridized carbons (Fsp3) is 0.385. The highest BCUT2D eigenvalue weighted by Gasteiger charge is 2.41. The summed E-state index contributed by atoms with van der Waals surface area (Å²) in [6, 6.07) is 5.80. The van der Waals surface area contributed by atoms with Crippen molar-refractivity contribution in [3.63, 3.8) is 0 Å². The van der Waals surface area contributed by atoms with Gasteiger partial charge < -0.3 is 10.2 Å². The number of halogens is 1. The number of piperazine rings is 1. The number of rotatable bonds is 1. The molecule has 0 saturated carbocycles. The van der Waals surface area contributed by atoms with E-state index in [1.54, 1.807) is 19.9 Å². The lowest BCUT2D eigenvalue weighted by molar-refractivity contribution is -0.133. The Morgan fingerprint density at radius 2 is 2.06 bits per heavy atom. The Bertz CT molecular complexity index is 500. The molecule has 0 aromatic heterocycles. The molecule has 1 aliphatic heterocycles. The van der Waals surface area contributed by atoms with Gasteiger partial charge in [0.2, 0.25) is 5.91 Å². The average Bonchev–Trinajstić information content (AvgIpc) is 2.32. The highest BCUT2D eigenvalue weighted by molar-refractivity contribution is 5.99. The summed E-state index contributed by atoms with van der Waals surface area (Å²) in [5, 5.41) is 2.70. The van der Waals surface area contributed by atoms with Crippen LogP contribution in [0, 0.1) is 5.82 Å².